The van der Waals surface area contributed by atoms with Crippen LogP contribution in [0.1, 0.15) is 43.9 Å². The van der Waals surface area contributed by atoms with Gasteiger partial charge in [-0.1, -0.05) is 19.4 Å². The molecule has 1 aromatic rings. The Hall–Kier alpha value is -0.830. The van der Waals surface area contributed by atoms with Crippen molar-refractivity contribution in [2.24, 2.45) is 0 Å². The van der Waals surface area contributed by atoms with Crippen molar-refractivity contribution in [2.75, 3.05) is 6.54 Å². The largest absolute Gasteiger partial charge is 0.355 e. The highest BCUT2D eigenvalue weighted by Crippen LogP contribution is 2.49. The van der Waals surface area contributed by atoms with E-state index in [0.717, 1.165) is 19.4 Å². The summed E-state index contributed by atoms with van der Waals surface area (Å²) in [6.07, 6.45) is 5.21. The second-order valence-electron chi connectivity index (χ2n) is 4.64. The third-order valence-electron chi connectivity index (χ3n) is 3.28. The van der Waals surface area contributed by atoms with Gasteiger partial charge in [0.05, 0.1) is 0 Å². The summed E-state index contributed by atoms with van der Waals surface area (Å²) in [5, 5.41) is 5.20. The Morgan fingerprint density at radius 3 is 2.94 bits per heavy atom. The van der Waals surface area contributed by atoms with E-state index in [0.29, 0.717) is 6.42 Å². The number of amides is 1. The van der Waals surface area contributed by atoms with E-state index in [1.807, 2.05) is 11.3 Å². The standard InChI is InChI=1S/C13H19NOS/c1-2-3-6-12(15)14-10-13(7-8-13)11-5-4-9-16-11/h4-5,9H,2-3,6-8,10H2,1H3,(H,14,15). The number of nitrogens with one attached hydrogen (secondary N) is 1. The number of carbonyl (C=O) groups is 1. The number of hydrogen-bond acceptors (Lipinski definition) is 2. The van der Waals surface area contributed by atoms with Gasteiger partial charge in [-0.05, 0) is 30.7 Å². The van der Waals surface area contributed by atoms with Crippen LogP contribution in [0, 0.1) is 0 Å². The summed E-state index contributed by atoms with van der Waals surface area (Å²) in [4.78, 5) is 13.0. The van der Waals surface area contributed by atoms with E-state index in [-0.39, 0.29) is 11.3 Å². The molecule has 16 heavy (non-hydrogen) atoms. The maximum absolute atomic E-state index is 11.5. The Balaban J connectivity index is 1.80. The molecule has 0 unspecified atom stereocenters. The van der Waals surface area contributed by atoms with Gasteiger partial charge >= 0.3 is 0 Å². The van der Waals surface area contributed by atoms with Gasteiger partial charge in [0.25, 0.3) is 0 Å². The average molecular weight is 237 g/mol. The Kier molecular flexibility index (Phi) is 3.64. The van der Waals surface area contributed by atoms with Gasteiger partial charge in [0.2, 0.25) is 5.91 Å². The summed E-state index contributed by atoms with van der Waals surface area (Å²) in [6, 6.07) is 4.29. The predicted molar refractivity (Wildman–Crippen MR) is 67.8 cm³/mol. The Morgan fingerprint density at radius 1 is 1.56 bits per heavy atom. The van der Waals surface area contributed by atoms with Crippen LogP contribution in [0.2, 0.25) is 0 Å². The van der Waals surface area contributed by atoms with Gasteiger partial charge < -0.3 is 5.32 Å². The smallest absolute Gasteiger partial charge is 0.220 e. The molecule has 1 saturated carbocycles. The fraction of sp³-hybridized carbons (Fsp3) is 0.615. The third-order valence-corrected chi connectivity index (χ3v) is 4.40. The van der Waals surface area contributed by atoms with E-state index in [1.165, 1.54) is 17.7 Å². The minimum Gasteiger partial charge on any atom is -0.355 e. The molecule has 1 aliphatic rings. The van der Waals surface area contributed by atoms with Crippen LogP contribution in [0.15, 0.2) is 17.5 Å². The van der Waals surface area contributed by atoms with Crippen LogP contribution < -0.4 is 5.32 Å². The van der Waals surface area contributed by atoms with Gasteiger partial charge in [-0.25, -0.2) is 0 Å². The van der Waals surface area contributed by atoms with Crippen LogP contribution in [0.4, 0.5) is 0 Å². The molecule has 1 fully saturated rings. The van der Waals surface area contributed by atoms with Crippen molar-refractivity contribution in [1.29, 1.82) is 0 Å². The topological polar surface area (TPSA) is 29.1 Å². The van der Waals surface area contributed by atoms with E-state index < -0.39 is 0 Å². The lowest BCUT2D eigenvalue weighted by Gasteiger charge is -2.14. The van der Waals surface area contributed by atoms with Crippen molar-refractivity contribution in [3.63, 3.8) is 0 Å². The van der Waals surface area contributed by atoms with Crippen molar-refractivity contribution in [2.45, 2.75) is 44.4 Å². The van der Waals surface area contributed by atoms with Crippen molar-refractivity contribution >= 4 is 17.2 Å². The molecule has 1 amide bonds. The van der Waals surface area contributed by atoms with Gasteiger partial charge in [-0.3, -0.25) is 4.79 Å². The fourth-order valence-corrected chi connectivity index (χ4v) is 2.92. The van der Waals surface area contributed by atoms with E-state index >= 15 is 0 Å². The SMILES string of the molecule is CCCCC(=O)NCC1(c2cccs2)CC1. The zero-order chi connectivity index (χ0) is 11.4. The fourth-order valence-electron chi connectivity index (χ4n) is 1.94. The lowest BCUT2D eigenvalue weighted by Crippen LogP contribution is -2.31. The van der Waals surface area contributed by atoms with Gasteiger partial charge in [0, 0.05) is 23.3 Å². The molecular formula is C13H19NOS. The molecule has 0 aliphatic heterocycles. The summed E-state index contributed by atoms with van der Waals surface area (Å²) in [7, 11) is 0. The first-order valence-electron chi connectivity index (χ1n) is 6.07. The molecule has 0 bridgehead atoms. The highest BCUT2D eigenvalue weighted by atomic mass is 32.1. The van der Waals surface area contributed by atoms with Crippen LogP contribution in [0.25, 0.3) is 0 Å². The van der Waals surface area contributed by atoms with E-state index in [2.05, 4.69) is 29.8 Å². The molecule has 2 nitrogen and oxygen atoms in total. The number of rotatable bonds is 6. The third kappa shape index (κ3) is 2.64. The van der Waals surface area contributed by atoms with Crippen LogP contribution in [0.5, 0.6) is 0 Å². The van der Waals surface area contributed by atoms with Crippen molar-refractivity contribution in [3.05, 3.63) is 22.4 Å². The van der Waals surface area contributed by atoms with Gasteiger partial charge in [0.1, 0.15) is 0 Å². The minimum atomic E-state index is 0.213. The molecule has 2 rings (SSSR count). The van der Waals surface area contributed by atoms with E-state index in [1.54, 1.807) is 0 Å². The molecule has 1 aliphatic carbocycles. The highest BCUT2D eigenvalue weighted by molar-refractivity contribution is 7.10. The molecular weight excluding hydrogens is 218 g/mol. The van der Waals surface area contributed by atoms with Crippen molar-refractivity contribution in [3.8, 4) is 0 Å². The van der Waals surface area contributed by atoms with E-state index in [4.69, 9.17) is 0 Å². The first kappa shape index (κ1) is 11.6. The van der Waals surface area contributed by atoms with E-state index in [9.17, 15) is 4.79 Å². The molecule has 3 heteroatoms. The highest BCUT2D eigenvalue weighted by Gasteiger charge is 2.45. The first-order chi connectivity index (χ1) is 7.77. The molecule has 0 atom stereocenters. The molecule has 1 N–H and O–H groups in total. The van der Waals surface area contributed by atoms with Gasteiger partial charge in [-0.15, -0.1) is 11.3 Å². The quantitative estimate of drug-likeness (QED) is 0.809. The molecule has 1 aromatic heterocycles. The van der Waals surface area contributed by atoms with Crippen molar-refractivity contribution < 1.29 is 4.79 Å². The molecule has 0 aromatic carbocycles. The van der Waals surface area contributed by atoms with Crippen LogP contribution >= 0.6 is 11.3 Å². The first-order valence-corrected chi connectivity index (χ1v) is 6.95. The zero-order valence-electron chi connectivity index (χ0n) is 9.79. The number of carbonyl (C=O) groups excluding carboxylic acids is 1. The Bertz CT molecular complexity index is 341. The second kappa shape index (κ2) is 5.00. The Morgan fingerprint density at radius 2 is 2.38 bits per heavy atom. The predicted octanol–water partition coefficient (Wildman–Crippen LogP) is 3.09. The van der Waals surface area contributed by atoms with Crippen LogP contribution in [-0.2, 0) is 10.2 Å². The summed E-state index contributed by atoms with van der Waals surface area (Å²) < 4.78 is 0. The van der Waals surface area contributed by atoms with Crippen LogP contribution in [-0.4, -0.2) is 12.5 Å². The molecule has 0 radical (unpaired) electrons. The second-order valence-corrected chi connectivity index (χ2v) is 5.59. The number of unbranched alkanes of at least 4 members (excludes halogenated alkanes) is 1. The summed E-state index contributed by atoms with van der Waals surface area (Å²) in [5.41, 5.74) is 0.288. The van der Waals surface area contributed by atoms with Gasteiger partial charge in [-0.2, -0.15) is 0 Å². The molecule has 0 spiro atoms. The molecule has 0 saturated heterocycles. The Labute approximate surface area is 101 Å². The minimum absolute atomic E-state index is 0.213. The normalized spacial score (nSPS) is 17.1. The summed E-state index contributed by atoms with van der Waals surface area (Å²) in [5.74, 6) is 0.213. The lowest BCUT2D eigenvalue weighted by molar-refractivity contribution is -0.121. The summed E-state index contributed by atoms with van der Waals surface area (Å²) in [6.45, 7) is 2.94. The molecule has 1 heterocycles. The molecule has 88 valence electrons. The average Bonchev–Trinajstić information content (AvgIpc) is 2.88. The summed E-state index contributed by atoms with van der Waals surface area (Å²) >= 11 is 1.81. The zero-order valence-corrected chi connectivity index (χ0v) is 10.6. The number of hydrogen-bond donors (Lipinski definition) is 1. The van der Waals surface area contributed by atoms with Crippen molar-refractivity contribution in [1.82, 2.24) is 5.32 Å². The monoisotopic (exact) mass is 237 g/mol. The maximum Gasteiger partial charge on any atom is 0.220 e. The lowest BCUT2D eigenvalue weighted by atomic mass is 10.1. The van der Waals surface area contributed by atoms with Gasteiger partial charge in [0.15, 0.2) is 0 Å². The maximum atomic E-state index is 11.5. The van der Waals surface area contributed by atoms with Crippen LogP contribution in [0.3, 0.4) is 0 Å². The number of thiophene rings is 1.